The van der Waals surface area contributed by atoms with E-state index in [2.05, 4.69) is 4.98 Å². The van der Waals surface area contributed by atoms with Crippen LogP contribution in [-0.2, 0) is 6.61 Å². The maximum absolute atomic E-state index is 7.32. The molecule has 3 N–H and O–H groups in total. The molecule has 1 aromatic carbocycles. The Morgan fingerprint density at radius 3 is 2.58 bits per heavy atom. The highest BCUT2D eigenvalue weighted by molar-refractivity contribution is 7.13. The third-order valence-corrected chi connectivity index (χ3v) is 4.19. The molecule has 0 atom stereocenters. The third-order valence-electron chi connectivity index (χ3n) is 2.59. The van der Waals surface area contributed by atoms with Crippen molar-refractivity contribution in [2.75, 3.05) is 0 Å². The topological polar surface area (TPSA) is 72.0 Å². The van der Waals surface area contributed by atoms with Gasteiger partial charge in [0.2, 0.25) is 0 Å². The maximum atomic E-state index is 7.32. The Balaban J connectivity index is 2.08. The van der Waals surface area contributed by atoms with E-state index in [9.17, 15) is 0 Å². The molecule has 0 bridgehead atoms. The lowest BCUT2D eigenvalue weighted by atomic mass is 10.1. The van der Waals surface area contributed by atoms with E-state index in [1.54, 1.807) is 6.20 Å². The van der Waals surface area contributed by atoms with E-state index in [1.165, 1.54) is 11.3 Å². The summed E-state index contributed by atoms with van der Waals surface area (Å²) in [5.74, 6) is 0.793. The van der Waals surface area contributed by atoms with Gasteiger partial charge in [0.05, 0.1) is 4.88 Å². The van der Waals surface area contributed by atoms with Gasteiger partial charge in [0.15, 0.2) is 0 Å². The first-order chi connectivity index (χ1) is 8.97. The van der Waals surface area contributed by atoms with Gasteiger partial charge in [-0.25, -0.2) is 4.98 Å². The molecule has 19 heavy (non-hydrogen) atoms. The second-order valence-electron chi connectivity index (χ2n) is 4.19. The highest BCUT2D eigenvalue weighted by Gasteiger charge is 2.07. The van der Waals surface area contributed by atoms with Crippen LogP contribution in [-0.4, -0.2) is 10.8 Å². The first-order valence-electron chi connectivity index (χ1n) is 5.66. The molecule has 0 saturated carbocycles. The fourth-order valence-electron chi connectivity index (χ4n) is 1.64. The van der Waals surface area contributed by atoms with E-state index in [-0.39, 0.29) is 5.84 Å². The summed E-state index contributed by atoms with van der Waals surface area (Å²) in [6, 6.07) is 3.80. The average Bonchev–Trinajstić information content (AvgIpc) is 2.82. The van der Waals surface area contributed by atoms with Crippen molar-refractivity contribution in [3.63, 3.8) is 0 Å². The molecule has 2 aromatic rings. The van der Waals surface area contributed by atoms with E-state index < -0.39 is 0 Å². The van der Waals surface area contributed by atoms with E-state index in [0.717, 1.165) is 26.9 Å². The summed E-state index contributed by atoms with van der Waals surface area (Å²) in [5.41, 5.74) is 7.36. The van der Waals surface area contributed by atoms with Crippen LogP contribution in [0.15, 0.2) is 18.3 Å². The number of halogens is 1. The predicted molar refractivity (Wildman–Crippen MR) is 78.4 cm³/mol. The first kappa shape index (κ1) is 13.8. The quantitative estimate of drug-likeness (QED) is 0.671. The fraction of sp³-hybridized carbons (Fsp3) is 0.231. The third kappa shape index (κ3) is 3.24. The highest BCUT2D eigenvalue weighted by Crippen LogP contribution is 2.26. The molecular weight excluding hydrogens is 282 g/mol. The van der Waals surface area contributed by atoms with Crippen LogP contribution in [0, 0.1) is 19.3 Å². The van der Waals surface area contributed by atoms with Gasteiger partial charge < -0.3 is 10.5 Å². The zero-order valence-corrected chi connectivity index (χ0v) is 12.2. The second-order valence-corrected chi connectivity index (χ2v) is 5.68. The molecule has 1 heterocycles. The minimum absolute atomic E-state index is 0.0296. The highest BCUT2D eigenvalue weighted by atomic mass is 35.5. The Labute approximate surface area is 120 Å². The first-order valence-corrected chi connectivity index (χ1v) is 6.85. The predicted octanol–water partition coefficient (Wildman–Crippen LogP) is 3.28. The van der Waals surface area contributed by atoms with Gasteiger partial charge in [0, 0.05) is 11.2 Å². The molecule has 6 heteroatoms. The number of aromatic nitrogens is 1. The number of amidine groups is 1. The largest absolute Gasteiger partial charge is 0.486 e. The number of rotatable bonds is 4. The zero-order valence-electron chi connectivity index (χ0n) is 10.7. The average molecular weight is 296 g/mol. The van der Waals surface area contributed by atoms with Crippen molar-refractivity contribution in [3.8, 4) is 5.75 Å². The zero-order chi connectivity index (χ0) is 14.0. The van der Waals surface area contributed by atoms with Crippen LogP contribution in [0.4, 0.5) is 0 Å². The molecular formula is C13H14ClN3OS. The van der Waals surface area contributed by atoms with Crippen LogP contribution in [0.1, 0.15) is 21.0 Å². The number of aryl methyl sites for hydroxylation is 2. The van der Waals surface area contributed by atoms with Crippen molar-refractivity contribution >= 4 is 28.8 Å². The molecule has 4 nitrogen and oxygen atoms in total. The maximum Gasteiger partial charge on any atom is 0.140 e. The molecule has 0 fully saturated rings. The van der Waals surface area contributed by atoms with E-state index in [1.807, 2.05) is 26.0 Å². The van der Waals surface area contributed by atoms with Crippen LogP contribution in [0.3, 0.4) is 0 Å². The number of nitrogen functional groups attached to an aromatic ring is 1. The summed E-state index contributed by atoms with van der Waals surface area (Å²) < 4.78 is 5.68. The number of thiazole rings is 1. The molecule has 0 amide bonds. The normalized spacial score (nSPS) is 10.5. The van der Waals surface area contributed by atoms with Crippen molar-refractivity contribution in [2.24, 2.45) is 5.73 Å². The molecule has 2 rings (SSSR count). The van der Waals surface area contributed by atoms with Crippen molar-refractivity contribution in [1.29, 1.82) is 5.41 Å². The molecule has 0 saturated heterocycles. The number of nitrogens with zero attached hydrogens (tertiary/aromatic N) is 1. The minimum Gasteiger partial charge on any atom is -0.486 e. The molecule has 0 unspecified atom stereocenters. The van der Waals surface area contributed by atoms with Crippen molar-refractivity contribution in [1.82, 2.24) is 4.98 Å². The summed E-state index contributed by atoms with van der Waals surface area (Å²) >= 11 is 7.46. The molecule has 0 spiro atoms. The minimum atomic E-state index is 0.0296. The lowest BCUT2D eigenvalue weighted by molar-refractivity contribution is 0.305. The Kier molecular flexibility index (Phi) is 4.07. The second kappa shape index (κ2) is 5.59. The Morgan fingerprint density at radius 2 is 2.05 bits per heavy atom. The lowest BCUT2D eigenvalue weighted by Crippen LogP contribution is -2.08. The van der Waals surface area contributed by atoms with Crippen molar-refractivity contribution in [3.05, 3.63) is 44.4 Å². The number of ether oxygens (including phenoxy) is 1. The molecule has 0 aliphatic carbocycles. The monoisotopic (exact) mass is 295 g/mol. The van der Waals surface area contributed by atoms with Gasteiger partial charge >= 0.3 is 0 Å². The van der Waals surface area contributed by atoms with Crippen LogP contribution in [0.2, 0.25) is 5.02 Å². The summed E-state index contributed by atoms with van der Waals surface area (Å²) in [6.45, 7) is 4.25. The Bertz CT molecular complexity index is 601. The van der Waals surface area contributed by atoms with Gasteiger partial charge in [0.1, 0.15) is 23.2 Å². The molecule has 100 valence electrons. The number of nitrogens with one attached hydrogen (secondary N) is 1. The van der Waals surface area contributed by atoms with E-state index >= 15 is 0 Å². The number of hydrogen-bond donors (Lipinski definition) is 2. The van der Waals surface area contributed by atoms with Crippen LogP contribution < -0.4 is 10.5 Å². The van der Waals surface area contributed by atoms with Gasteiger partial charge in [-0.05, 0) is 37.1 Å². The Hall–Kier alpha value is -1.59. The smallest absolute Gasteiger partial charge is 0.140 e. The molecule has 0 aliphatic heterocycles. The van der Waals surface area contributed by atoms with Gasteiger partial charge in [-0.2, -0.15) is 0 Å². The molecule has 1 aromatic heterocycles. The van der Waals surface area contributed by atoms with Crippen LogP contribution >= 0.6 is 22.9 Å². The van der Waals surface area contributed by atoms with Gasteiger partial charge in [0.25, 0.3) is 0 Å². The standard InChI is InChI=1S/C13H14ClN3OS/c1-7-3-9(4-8(2)12(7)14)18-6-11-17-5-10(19-11)13(15)16/h3-5H,6H2,1-2H3,(H3,15,16). The van der Waals surface area contributed by atoms with Crippen molar-refractivity contribution < 1.29 is 4.74 Å². The van der Waals surface area contributed by atoms with Crippen LogP contribution in [0.5, 0.6) is 5.75 Å². The van der Waals surface area contributed by atoms with Crippen molar-refractivity contribution in [2.45, 2.75) is 20.5 Å². The van der Waals surface area contributed by atoms with E-state index in [0.29, 0.717) is 11.5 Å². The summed E-state index contributed by atoms with van der Waals surface area (Å²) in [5, 5.41) is 8.87. The summed E-state index contributed by atoms with van der Waals surface area (Å²) in [4.78, 5) is 4.82. The van der Waals surface area contributed by atoms with Crippen LogP contribution in [0.25, 0.3) is 0 Å². The Morgan fingerprint density at radius 1 is 1.42 bits per heavy atom. The van der Waals surface area contributed by atoms with Gasteiger partial charge in [-0.15, -0.1) is 11.3 Å². The number of hydrogen-bond acceptors (Lipinski definition) is 4. The van der Waals surface area contributed by atoms with Gasteiger partial charge in [-0.1, -0.05) is 11.6 Å². The van der Waals surface area contributed by atoms with E-state index in [4.69, 9.17) is 27.5 Å². The number of benzene rings is 1. The fourth-order valence-corrected chi connectivity index (χ4v) is 2.44. The SMILES string of the molecule is Cc1cc(OCc2ncc(C(=N)N)s2)cc(C)c1Cl. The lowest BCUT2D eigenvalue weighted by Gasteiger charge is -2.08. The van der Waals surface area contributed by atoms with Gasteiger partial charge in [-0.3, -0.25) is 5.41 Å². The molecule has 0 aliphatic rings. The molecule has 0 radical (unpaired) electrons. The summed E-state index contributed by atoms with van der Waals surface area (Å²) in [6.07, 6.45) is 1.59. The summed E-state index contributed by atoms with van der Waals surface area (Å²) in [7, 11) is 0. The number of nitrogens with two attached hydrogens (primary N) is 1.